The first kappa shape index (κ1) is 5.03. The van der Waals surface area contributed by atoms with Crippen molar-refractivity contribution in [3.8, 4) is 11.8 Å². The van der Waals surface area contributed by atoms with E-state index < -0.39 is 5.97 Å². The lowest BCUT2D eigenvalue weighted by atomic mass is 10.6. The molecular weight excluding hydrogens is 80.0 g/mol. The monoisotopic (exact) mass is 83.0 g/mol. The second-order valence-corrected chi connectivity index (χ2v) is 0.662. The number of rotatable bonds is 0. The average molecular weight is 83.1 g/mol. The molecule has 0 unspecified atom stereocenters. The Kier molecular flexibility index (Phi) is 1.91. The molecule has 2 nitrogen and oxygen atoms in total. The van der Waals surface area contributed by atoms with Crippen molar-refractivity contribution in [1.82, 2.24) is 0 Å². The van der Waals surface area contributed by atoms with Gasteiger partial charge >= 0.3 is 0 Å². The average Bonchev–Trinajstić information content (AvgIpc) is 1.35. The van der Waals surface area contributed by atoms with E-state index in [9.17, 15) is 9.90 Å². The largest absolute Gasteiger partial charge is 0.537 e. The van der Waals surface area contributed by atoms with Crippen LogP contribution >= 0.6 is 0 Å². The van der Waals surface area contributed by atoms with E-state index in [1.54, 1.807) is 5.92 Å². The molecule has 0 radical (unpaired) electrons. The van der Waals surface area contributed by atoms with Crippen molar-refractivity contribution in [2.45, 2.75) is 6.92 Å². The van der Waals surface area contributed by atoms with Crippen LogP contribution in [0.1, 0.15) is 6.92 Å². The Labute approximate surface area is 35.8 Å². The smallest absolute Gasteiger partial charge is 0.116 e. The van der Waals surface area contributed by atoms with Crippen LogP contribution in [0.3, 0.4) is 0 Å². The topological polar surface area (TPSA) is 40.1 Å². The molecule has 0 spiro atoms. The molecule has 0 fully saturated rings. The summed E-state index contributed by atoms with van der Waals surface area (Å²) in [5, 5.41) is 9.31. The van der Waals surface area contributed by atoms with Gasteiger partial charge in [0.15, 0.2) is 0 Å². The van der Waals surface area contributed by atoms with Crippen LogP contribution in [0.4, 0.5) is 0 Å². The maximum Gasteiger partial charge on any atom is 0.116 e. The van der Waals surface area contributed by atoms with Crippen LogP contribution in [-0.4, -0.2) is 5.97 Å². The van der Waals surface area contributed by atoms with Crippen molar-refractivity contribution < 1.29 is 9.90 Å². The van der Waals surface area contributed by atoms with Crippen molar-refractivity contribution in [1.29, 1.82) is 0 Å². The Morgan fingerprint density at radius 3 is 2.33 bits per heavy atom. The molecule has 32 valence electrons. The third kappa shape index (κ3) is 3.03. The fourth-order valence-corrected chi connectivity index (χ4v) is 0.102. The second-order valence-electron chi connectivity index (χ2n) is 0.662. The van der Waals surface area contributed by atoms with Crippen molar-refractivity contribution >= 4 is 5.97 Å². The standard InChI is InChI=1S/C4H4O2/c1-2-3-4(5)6/h1H3,(H,5,6)/p-1. The van der Waals surface area contributed by atoms with Crippen LogP contribution < -0.4 is 5.11 Å². The van der Waals surface area contributed by atoms with Crippen LogP contribution in [0.5, 0.6) is 0 Å². The van der Waals surface area contributed by atoms with Gasteiger partial charge in [-0.05, 0) is 6.92 Å². The van der Waals surface area contributed by atoms with Gasteiger partial charge in [0.25, 0.3) is 0 Å². The van der Waals surface area contributed by atoms with Gasteiger partial charge in [0.2, 0.25) is 0 Å². The Hall–Kier alpha value is -0.970. The van der Waals surface area contributed by atoms with Crippen LogP contribution in [-0.2, 0) is 4.79 Å². The molecule has 0 aromatic rings. The number of carboxylic acids is 1. The highest BCUT2D eigenvalue weighted by atomic mass is 16.4. The van der Waals surface area contributed by atoms with Gasteiger partial charge in [0.1, 0.15) is 5.97 Å². The number of hydrogen-bond donors (Lipinski definition) is 0. The minimum atomic E-state index is -1.32. The van der Waals surface area contributed by atoms with Crippen LogP contribution in [0, 0.1) is 11.8 Å². The molecule has 0 aromatic carbocycles. The Morgan fingerprint density at radius 2 is 2.33 bits per heavy atom. The maximum atomic E-state index is 9.31. The molecule has 0 aromatic heterocycles. The van der Waals surface area contributed by atoms with Gasteiger partial charge in [0.05, 0.1) is 0 Å². The molecule has 0 amide bonds. The zero-order chi connectivity index (χ0) is 4.99. The Balaban J connectivity index is 3.50. The molecular formula is C4H3O2-. The molecule has 0 aliphatic carbocycles. The third-order valence-corrected chi connectivity index (χ3v) is 0.227. The van der Waals surface area contributed by atoms with Gasteiger partial charge in [-0.2, -0.15) is 0 Å². The second kappa shape index (κ2) is 2.28. The molecule has 0 aliphatic heterocycles. The zero-order valence-corrected chi connectivity index (χ0v) is 3.32. The van der Waals surface area contributed by atoms with E-state index in [4.69, 9.17) is 0 Å². The van der Waals surface area contributed by atoms with Gasteiger partial charge < -0.3 is 9.90 Å². The summed E-state index contributed by atoms with van der Waals surface area (Å²) in [6.07, 6.45) is 0. The minimum Gasteiger partial charge on any atom is -0.537 e. The Morgan fingerprint density at radius 1 is 1.83 bits per heavy atom. The fourth-order valence-electron chi connectivity index (χ4n) is 0.102. The van der Waals surface area contributed by atoms with Gasteiger partial charge in [-0.15, -0.1) is 5.92 Å². The first-order valence-electron chi connectivity index (χ1n) is 1.41. The fraction of sp³-hybridized carbons (Fsp3) is 0.250. The van der Waals surface area contributed by atoms with E-state index in [0.29, 0.717) is 0 Å². The highest BCUT2D eigenvalue weighted by Gasteiger charge is 1.59. The number of aliphatic carboxylic acids is 1. The van der Waals surface area contributed by atoms with Gasteiger partial charge in [-0.1, -0.05) is 5.92 Å². The maximum absolute atomic E-state index is 9.31. The first-order valence-corrected chi connectivity index (χ1v) is 1.41. The highest BCUT2D eigenvalue weighted by molar-refractivity contribution is 5.84. The van der Waals surface area contributed by atoms with E-state index in [1.165, 1.54) is 6.92 Å². The SMILES string of the molecule is CC#CC(=O)[O-]. The van der Waals surface area contributed by atoms with E-state index in [-0.39, 0.29) is 0 Å². The lowest BCUT2D eigenvalue weighted by Crippen LogP contribution is -2.19. The van der Waals surface area contributed by atoms with E-state index in [1.807, 2.05) is 0 Å². The van der Waals surface area contributed by atoms with Crippen molar-refractivity contribution in [3.05, 3.63) is 0 Å². The molecule has 0 atom stereocenters. The molecule has 0 saturated heterocycles. The highest BCUT2D eigenvalue weighted by Crippen LogP contribution is 1.45. The predicted molar refractivity (Wildman–Crippen MR) is 18.5 cm³/mol. The quantitative estimate of drug-likeness (QED) is 0.344. The molecule has 0 heterocycles. The molecule has 0 saturated carbocycles. The molecule has 2 heteroatoms. The summed E-state index contributed by atoms with van der Waals surface area (Å²) in [6, 6.07) is 0. The number of carbonyl (C=O) groups is 1. The summed E-state index contributed by atoms with van der Waals surface area (Å²) in [5.74, 6) is 2.60. The zero-order valence-electron chi connectivity index (χ0n) is 3.32. The number of carbonyl (C=O) groups excluding carboxylic acids is 1. The van der Waals surface area contributed by atoms with Gasteiger partial charge in [-0.25, -0.2) is 0 Å². The lowest BCUT2D eigenvalue weighted by molar-refractivity contribution is -0.295. The van der Waals surface area contributed by atoms with Crippen molar-refractivity contribution in [3.63, 3.8) is 0 Å². The molecule has 0 bridgehead atoms. The summed E-state index contributed by atoms with van der Waals surface area (Å²) in [6.45, 7) is 1.44. The van der Waals surface area contributed by atoms with Gasteiger partial charge in [0, 0.05) is 0 Å². The molecule has 0 rings (SSSR count). The van der Waals surface area contributed by atoms with E-state index in [0.717, 1.165) is 0 Å². The molecule has 6 heavy (non-hydrogen) atoms. The van der Waals surface area contributed by atoms with Crippen LogP contribution in [0.15, 0.2) is 0 Å². The summed E-state index contributed by atoms with van der Waals surface area (Å²) < 4.78 is 0. The van der Waals surface area contributed by atoms with E-state index in [2.05, 4.69) is 5.92 Å². The third-order valence-electron chi connectivity index (χ3n) is 0.227. The van der Waals surface area contributed by atoms with Crippen LogP contribution in [0.25, 0.3) is 0 Å². The molecule has 0 aliphatic rings. The van der Waals surface area contributed by atoms with E-state index >= 15 is 0 Å². The number of carboxylic acid groups (broad SMARTS) is 1. The predicted octanol–water partition coefficient (Wildman–Crippen LogP) is -1.24. The summed E-state index contributed by atoms with van der Waals surface area (Å²) in [7, 11) is 0. The minimum absolute atomic E-state index is 1.32. The molecule has 0 N–H and O–H groups in total. The lowest BCUT2D eigenvalue weighted by Gasteiger charge is -1.78. The number of hydrogen-bond acceptors (Lipinski definition) is 2. The summed E-state index contributed by atoms with van der Waals surface area (Å²) in [5.41, 5.74) is 0. The summed E-state index contributed by atoms with van der Waals surface area (Å²) >= 11 is 0. The van der Waals surface area contributed by atoms with Crippen molar-refractivity contribution in [2.24, 2.45) is 0 Å². The summed E-state index contributed by atoms with van der Waals surface area (Å²) in [4.78, 5) is 9.31. The normalized spacial score (nSPS) is 5.50. The van der Waals surface area contributed by atoms with Crippen molar-refractivity contribution in [2.75, 3.05) is 0 Å². The van der Waals surface area contributed by atoms with Gasteiger partial charge in [-0.3, -0.25) is 0 Å². The Bertz CT molecular complexity index is 104. The van der Waals surface area contributed by atoms with Crippen LogP contribution in [0.2, 0.25) is 0 Å². The first-order chi connectivity index (χ1) is 2.77.